The van der Waals surface area contributed by atoms with Crippen LogP contribution in [-0.2, 0) is 21.4 Å². The maximum atomic E-state index is 12.1. The number of thioether (sulfide) groups is 1. The molecule has 1 aromatic carbocycles. The lowest BCUT2D eigenvalue weighted by molar-refractivity contribution is -0.118. The highest BCUT2D eigenvalue weighted by molar-refractivity contribution is 8.00. The largest absolute Gasteiger partial charge is 0.486 e. The Labute approximate surface area is 166 Å². The minimum absolute atomic E-state index is 0.125. The summed E-state index contributed by atoms with van der Waals surface area (Å²) in [4.78, 5) is 13.8. The van der Waals surface area contributed by atoms with Gasteiger partial charge in [-0.05, 0) is 30.3 Å². The highest BCUT2D eigenvalue weighted by atomic mass is 32.2. The molecule has 0 saturated heterocycles. The molecule has 0 bridgehead atoms. The van der Waals surface area contributed by atoms with Gasteiger partial charge in [-0.2, -0.15) is 0 Å². The first-order valence-corrected chi connectivity index (χ1v) is 11.4. The first kappa shape index (κ1) is 20.0. The van der Waals surface area contributed by atoms with Crippen LogP contribution in [0.15, 0.2) is 39.4 Å². The molecular formula is C17H20N2O5S3. The van der Waals surface area contributed by atoms with E-state index in [1.54, 1.807) is 12.1 Å². The van der Waals surface area contributed by atoms with E-state index < -0.39 is 10.0 Å². The molecule has 1 aromatic heterocycles. The van der Waals surface area contributed by atoms with Crippen LogP contribution in [-0.4, -0.2) is 51.7 Å². The van der Waals surface area contributed by atoms with Crippen molar-refractivity contribution in [2.75, 3.05) is 33.1 Å². The number of fused-ring (bicyclic) bond motifs is 1. The number of carbonyl (C=O) groups excluding carboxylic acids is 1. The van der Waals surface area contributed by atoms with Gasteiger partial charge in [0.15, 0.2) is 11.5 Å². The van der Waals surface area contributed by atoms with Crippen LogP contribution in [0, 0.1) is 0 Å². The summed E-state index contributed by atoms with van der Waals surface area (Å²) >= 11 is 2.56. The summed E-state index contributed by atoms with van der Waals surface area (Å²) in [7, 11) is -0.452. The zero-order valence-corrected chi connectivity index (χ0v) is 17.4. The number of thiophene rings is 1. The molecule has 7 nitrogen and oxygen atoms in total. The number of nitrogens with one attached hydrogen (secondary N) is 1. The van der Waals surface area contributed by atoms with E-state index in [0.717, 1.165) is 26.9 Å². The third kappa shape index (κ3) is 4.95. The Hall–Kier alpha value is -1.75. The van der Waals surface area contributed by atoms with Gasteiger partial charge < -0.3 is 14.8 Å². The topological polar surface area (TPSA) is 84.9 Å². The lowest BCUT2D eigenvalue weighted by atomic mass is 10.3. The summed E-state index contributed by atoms with van der Waals surface area (Å²) in [6.45, 7) is 1.37. The predicted octanol–water partition coefficient (Wildman–Crippen LogP) is 2.18. The van der Waals surface area contributed by atoms with Gasteiger partial charge in [-0.15, -0.1) is 23.1 Å². The van der Waals surface area contributed by atoms with Crippen molar-refractivity contribution in [1.82, 2.24) is 9.62 Å². The number of ether oxygens (including phenoxy) is 2. The van der Waals surface area contributed by atoms with Crippen LogP contribution >= 0.6 is 23.1 Å². The fraction of sp³-hybridized carbons (Fsp3) is 0.353. The van der Waals surface area contributed by atoms with E-state index in [4.69, 9.17) is 9.47 Å². The Morgan fingerprint density at radius 1 is 1.19 bits per heavy atom. The van der Waals surface area contributed by atoms with Gasteiger partial charge in [-0.3, -0.25) is 4.79 Å². The smallest absolute Gasteiger partial charge is 0.252 e. The zero-order chi connectivity index (χ0) is 19.4. The minimum atomic E-state index is -3.44. The Morgan fingerprint density at radius 3 is 2.67 bits per heavy atom. The van der Waals surface area contributed by atoms with Crippen LogP contribution in [0.4, 0.5) is 0 Å². The molecule has 1 aliphatic rings. The zero-order valence-electron chi connectivity index (χ0n) is 14.9. The molecule has 1 aliphatic heterocycles. The number of nitrogens with zero attached hydrogens (tertiary/aromatic N) is 1. The first-order valence-electron chi connectivity index (χ1n) is 8.16. The van der Waals surface area contributed by atoms with Crippen LogP contribution in [0.5, 0.6) is 11.5 Å². The number of hydrogen-bond acceptors (Lipinski definition) is 7. The monoisotopic (exact) mass is 428 g/mol. The van der Waals surface area contributed by atoms with Gasteiger partial charge in [0, 0.05) is 23.9 Å². The van der Waals surface area contributed by atoms with E-state index in [1.807, 2.05) is 18.2 Å². The normalized spacial score (nSPS) is 13.6. The van der Waals surface area contributed by atoms with Crippen molar-refractivity contribution in [3.63, 3.8) is 0 Å². The lowest BCUT2D eigenvalue weighted by Crippen LogP contribution is -2.24. The molecule has 146 valence electrons. The number of hydrogen-bond donors (Lipinski definition) is 1. The van der Waals surface area contributed by atoms with Crippen molar-refractivity contribution >= 4 is 39.0 Å². The SMILES string of the molecule is CN(C)S(=O)(=O)c1ccc(CNC(=O)CSc2ccc3c(c2)OCCO3)s1. The standard InChI is InChI=1S/C17H20N2O5S3/c1-19(2)27(21,22)17-6-4-13(26-17)10-18-16(20)11-25-12-3-5-14-15(9-12)24-8-7-23-14/h3-6,9H,7-8,10-11H2,1-2H3,(H,18,20). The molecule has 0 unspecified atom stereocenters. The van der Waals surface area contributed by atoms with Crippen molar-refractivity contribution in [1.29, 1.82) is 0 Å². The van der Waals surface area contributed by atoms with E-state index in [1.165, 1.54) is 30.2 Å². The summed E-state index contributed by atoms with van der Waals surface area (Å²) in [5, 5.41) is 2.81. The van der Waals surface area contributed by atoms with Gasteiger partial charge in [0.1, 0.15) is 17.4 Å². The Balaban J connectivity index is 1.50. The van der Waals surface area contributed by atoms with E-state index >= 15 is 0 Å². The number of rotatable bonds is 7. The molecule has 0 spiro atoms. The second-order valence-electron chi connectivity index (χ2n) is 5.88. The minimum Gasteiger partial charge on any atom is -0.486 e. The van der Waals surface area contributed by atoms with E-state index in [0.29, 0.717) is 25.5 Å². The second-order valence-corrected chi connectivity index (χ2v) is 10.5. The van der Waals surface area contributed by atoms with Crippen molar-refractivity contribution in [2.45, 2.75) is 15.6 Å². The van der Waals surface area contributed by atoms with E-state index in [-0.39, 0.29) is 15.9 Å². The number of benzene rings is 1. The van der Waals surface area contributed by atoms with Crippen LogP contribution in [0.2, 0.25) is 0 Å². The second kappa shape index (κ2) is 8.51. The van der Waals surface area contributed by atoms with Crippen molar-refractivity contribution in [3.8, 4) is 11.5 Å². The van der Waals surface area contributed by atoms with Crippen molar-refractivity contribution in [2.24, 2.45) is 0 Å². The molecule has 0 saturated carbocycles. The Kier molecular flexibility index (Phi) is 6.30. The van der Waals surface area contributed by atoms with Gasteiger partial charge >= 0.3 is 0 Å². The third-order valence-electron chi connectivity index (χ3n) is 3.72. The molecule has 0 atom stereocenters. The van der Waals surface area contributed by atoms with Gasteiger partial charge in [0.05, 0.1) is 12.3 Å². The predicted molar refractivity (Wildman–Crippen MR) is 105 cm³/mol. The maximum Gasteiger partial charge on any atom is 0.252 e. The number of amides is 1. The fourth-order valence-corrected chi connectivity index (χ4v) is 5.49. The molecule has 3 rings (SSSR count). The first-order chi connectivity index (χ1) is 12.9. The number of sulfonamides is 1. The Bertz CT molecular complexity index is 924. The maximum absolute atomic E-state index is 12.1. The Morgan fingerprint density at radius 2 is 1.93 bits per heavy atom. The van der Waals surface area contributed by atoms with Gasteiger partial charge in [0.25, 0.3) is 10.0 Å². The molecule has 2 aromatic rings. The van der Waals surface area contributed by atoms with E-state index in [2.05, 4.69) is 5.32 Å². The summed E-state index contributed by atoms with van der Waals surface area (Å²) in [5.41, 5.74) is 0. The molecule has 0 aliphatic carbocycles. The molecule has 27 heavy (non-hydrogen) atoms. The molecule has 1 amide bonds. The molecule has 2 heterocycles. The molecular weight excluding hydrogens is 408 g/mol. The third-order valence-corrected chi connectivity index (χ3v) is 8.08. The lowest BCUT2D eigenvalue weighted by Gasteiger charge is -2.18. The summed E-state index contributed by atoms with van der Waals surface area (Å²) < 4.78 is 36.6. The number of carbonyl (C=O) groups is 1. The van der Waals surface area contributed by atoms with Crippen LogP contribution in [0.1, 0.15) is 4.88 Å². The summed E-state index contributed by atoms with van der Waals surface area (Å²) in [6, 6.07) is 8.88. The van der Waals surface area contributed by atoms with Crippen molar-refractivity contribution < 1.29 is 22.7 Å². The van der Waals surface area contributed by atoms with Gasteiger partial charge in [-0.25, -0.2) is 12.7 Å². The van der Waals surface area contributed by atoms with E-state index in [9.17, 15) is 13.2 Å². The summed E-state index contributed by atoms with van der Waals surface area (Å²) in [6.07, 6.45) is 0. The fourth-order valence-electron chi connectivity index (χ4n) is 2.27. The molecule has 1 N–H and O–H groups in total. The quantitative estimate of drug-likeness (QED) is 0.681. The van der Waals surface area contributed by atoms with Gasteiger partial charge in [-0.1, -0.05) is 0 Å². The van der Waals surface area contributed by atoms with Crippen molar-refractivity contribution in [3.05, 3.63) is 35.2 Å². The van der Waals surface area contributed by atoms with Gasteiger partial charge in [0.2, 0.25) is 5.91 Å². The van der Waals surface area contributed by atoms with Crippen LogP contribution in [0.25, 0.3) is 0 Å². The van der Waals surface area contributed by atoms with Crippen LogP contribution in [0.3, 0.4) is 0 Å². The summed E-state index contributed by atoms with van der Waals surface area (Å²) in [5.74, 6) is 1.55. The average Bonchev–Trinajstić information content (AvgIpc) is 3.14. The molecule has 0 radical (unpaired) electrons. The molecule has 10 heteroatoms. The molecule has 0 fully saturated rings. The highest BCUT2D eigenvalue weighted by Crippen LogP contribution is 2.34. The average molecular weight is 429 g/mol. The van der Waals surface area contributed by atoms with Crippen LogP contribution < -0.4 is 14.8 Å². The highest BCUT2D eigenvalue weighted by Gasteiger charge is 2.19.